The van der Waals surface area contributed by atoms with Gasteiger partial charge in [-0.05, 0) is 36.4 Å². The van der Waals surface area contributed by atoms with E-state index in [2.05, 4.69) is 21.5 Å². The Kier molecular flexibility index (Phi) is 5.59. The Hall–Kier alpha value is -3.51. The van der Waals surface area contributed by atoms with Crippen LogP contribution in [0.1, 0.15) is 21.5 Å². The summed E-state index contributed by atoms with van der Waals surface area (Å²) in [5.74, 6) is 0.252. The topological polar surface area (TPSA) is 59.0 Å². The van der Waals surface area contributed by atoms with E-state index in [1.165, 1.54) is 11.8 Å². The Balaban J connectivity index is 1.93. The van der Waals surface area contributed by atoms with Crippen molar-refractivity contribution in [1.82, 2.24) is 15.0 Å². The number of hydrogen-bond acceptors (Lipinski definition) is 5. The lowest BCUT2D eigenvalue weighted by molar-refractivity contribution is 0.1000. The first kappa shape index (κ1) is 19.8. The molecular weight excluding hydrogens is 392 g/mol. The van der Waals surface area contributed by atoms with Crippen molar-refractivity contribution in [3.8, 4) is 0 Å². The third kappa shape index (κ3) is 3.69. The summed E-state index contributed by atoms with van der Waals surface area (Å²) in [4.78, 5) is 28.8. The molecular formula is C24H20N4OS. The van der Waals surface area contributed by atoms with E-state index in [0.29, 0.717) is 27.6 Å². The van der Waals surface area contributed by atoms with Crippen LogP contribution in [-0.4, -0.2) is 27.1 Å². The van der Waals surface area contributed by atoms with Gasteiger partial charge in [-0.15, -0.1) is 0 Å². The highest BCUT2D eigenvalue weighted by Crippen LogP contribution is 2.32. The number of amides is 1. The Morgan fingerprint density at radius 2 is 1.57 bits per heavy atom. The molecule has 0 fully saturated rings. The highest BCUT2D eigenvalue weighted by atomic mass is 32.2. The van der Waals surface area contributed by atoms with Gasteiger partial charge in [0.25, 0.3) is 5.91 Å². The number of pyridine rings is 1. The van der Waals surface area contributed by atoms with Gasteiger partial charge in [-0.2, -0.15) is 0 Å². The fourth-order valence-corrected chi connectivity index (χ4v) is 3.55. The molecule has 0 aliphatic rings. The number of carbonyl (C=O) groups is 1. The smallest absolute Gasteiger partial charge is 0.264 e. The summed E-state index contributed by atoms with van der Waals surface area (Å²) in [5.41, 5.74) is 3.61. The second-order valence-corrected chi connectivity index (χ2v) is 7.48. The molecule has 0 radical (unpaired) electrons. The molecule has 0 unspecified atom stereocenters. The molecule has 0 aliphatic heterocycles. The first-order valence-electron chi connectivity index (χ1n) is 9.40. The van der Waals surface area contributed by atoms with Crippen molar-refractivity contribution in [2.45, 2.75) is 12.1 Å². The minimum absolute atomic E-state index is 0.212. The fourth-order valence-electron chi connectivity index (χ4n) is 3.21. The number of aromatic nitrogens is 3. The van der Waals surface area contributed by atoms with Gasteiger partial charge in [0.05, 0.1) is 16.6 Å². The van der Waals surface area contributed by atoms with Gasteiger partial charge in [-0.3, -0.25) is 9.69 Å². The molecule has 0 N–H and O–H groups in total. The standard InChI is InChI=1S/C24H20N4OS/c1-16-14-25-22(20-15-26-24(30-3)27-21(16)20)28(17(2)18-10-6-4-7-11-18)23(29)19-12-8-5-9-13-19/h4-15H,2H2,1,3H3. The number of fused-ring (bicyclic) bond motifs is 1. The maximum Gasteiger partial charge on any atom is 0.264 e. The van der Waals surface area contributed by atoms with Crippen molar-refractivity contribution < 1.29 is 4.79 Å². The van der Waals surface area contributed by atoms with Crippen molar-refractivity contribution in [2.75, 3.05) is 11.2 Å². The number of thioether (sulfide) groups is 1. The number of carbonyl (C=O) groups excluding carboxylic acids is 1. The quantitative estimate of drug-likeness (QED) is 0.326. The third-order valence-electron chi connectivity index (χ3n) is 4.76. The highest BCUT2D eigenvalue weighted by molar-refractivity contribution is 7.98. The highest BCUT2D eigenvalue weighted by Gasteiger charge is 2.25. The second kappa shape index (κ2) is 8.47. The third-order valence-corrected chi connectivity index (χ3v) is 5.32. The van der Waals surface area contributed by atoms with Gasteiger partial charge in [0.15, 0.2) is 11.0 Å². The maximum absolute atomic E-state index is 13.6. The Morgan fingerprint density at radius 3 is 2.20 bits per heavy atom. The van der Waals surface area contributed by atoms with Crippen LogP contribution >= 0.6 is 11.8 Å². The van der Waals surface area contributed by atoms with Gasteiger partial charge >= 0.3 is 0 Å². The summed E-state index contributed by atoms with van der Waals surface area (Å²) in [6, 6.07) is 18.7. The van der Waals surface area contributed by atoms with E-state index in [9.17, 15) is 4.79 Å². The maximum atomic E-state index is 13.6. The lowest BCUT2D eigenvalue weighted by Crippen LogP contribution is -2.30. The zero-order chi connectivity index (χ0) is 21.1. The van der Waals surface area contributed by atoms with E-state index in [1.54, 1.807) is 29.4 Å². The zero-order valence-corrected chi connectivity index (χ0v) is 17.6. The summed E-state index contributed by atoms with van der Waals surface area (Å²) in [7, 11) is 0. The molecule has 2 aromatic heterocycles. The van der Waals surface area contributed by atoms with Crippen molar-refractivity contribution in [2.24, 2.45) is 0 Å². The number of benzene rings is 2. The van der Waals surface area contributed by atoms with Crippen LogP contribution in [0.3, 0.4) is 0 Å². The summed E-state index contributed by atoms with van der Waals surface area (Å²) in [5, 5.41) is 1.37. The first-order chi connectivity index (χ1) is 14.6. The molecule has 0 bridgehead atoms. The van der Waals surface area contributed by atoms with E-state index in [0.717, 1.165) is 16.6 Å². The van der Waals surface area contributed by atoms with Crippen LogP contribution in [0.25, 0.3) is 16.6 Å². The molecule has 0 saturated heterocycles. The second-order valence-electron chi connectivity index (χ2n) is 6.70. The van der Waals surface area contributed by atoms with Crippen LogP contribution in [-0.2, 0) is 0 Å². The molecule has 5 nitrogen and oxygen atoms in total. The molecule has 2 aromatic carbocycles. The normalized spacial score (nSPS) is 10.7. The summed E-state index contributed by atoms with van der Waals surface area (Å²) in [6.45, 7) is 6.18. The summed E-state index contributed by atoms with van der Waals surface area (Å²) >= 11 is 1.47. The molecule has 4 rings (SSSR count). The largest absolute Gasteiger partial charge is 0.268 e. The van der Waals surface area contributed by atoms with Crippen LogP contribution in [0.15, 0.2) is 84.8 Å². The average molecular weight is 413 g/mol. The van der Waals surface area contributed by atoms with Crippen LogP contribution in [0.2, 0.25) is 0 Å². The molecule has 148 valence electrons. The van der Waals surface area contributed by atoms with Gasteiger partial charge in [0.2, 0.25) is 0 Å². The number of nitrogens with zero attached hydrogens (tertiary/aromatic N) is 4. The van der Waals surface area contributed by atoms with E-state index in [4.69, 9.17) is 0 Å². The van der Waals surface area contributed by atoms with Crippen LogP contribution < -0.4 is 4.90 Å². The monoisotopic (exact) mass is 412 g/mol. The number of anilines is 1. The van der Waals surface area contributed by atoms with E-state index >= 15 is 0 Å². The zero-order valence-electron chi connectivity index (χ0n) is 16.7. The lowest BCUT2D eigenvalue weighted by atomic mass is 10.1. The van der Waals surface area contributed by atoms with E-state index < -0.39 is 0 Å². The average Bonchev–Trinajstić information content (AvgIpc) is 2.81. The lowest BCUT2D eigenvalue weighted by Gasteiger charge is -2.25. The SMILES string of the molecule is C=C(c1ccccc1)N(C(=O)c1ccccc1)c1ncc(C)c2nc(SC)ncc12. The molecule has 1 amide bonds. The molecule has 30 heavy (non-hydrogen) atoms. The minimum atomic E-state index is -0.212. The van der Waals surface area contributed by atoms with Gasteiger partial charge < -0.3 is 0 Å². The molecule has 4 aromatic rings. The number of rotatable bonds is 5. The van der Waals surface area contributed by atoms with Crippen molar-refractivity contribution >= 4 is 40.1 Å². The van der Waals surface area contributed by atoms with Crippen LogP contribution in [0.4, 0.5) is 5.82 Å². The predicted molar refractivity (Wildman–Crippen MR) is 123 cm³/mol. The van der Waals surface area contributed by atoms with Crippen LogP contribution in [0, 0.1) is 6.92 Å². The van der Waals surface area contributed by atoms with Gasteiger partial charge in [0, 0.05) is 18.0 Å². The molecule has 0 saturated carbocycles. The summed E-state index contributed by atoms with van der Waals surface area (Å²) in [6.07, 6.45) is 5.40. The fraction of sp³-hybridized carbons (Fsp3) is 0.0833. The molecule has 6 heteroatoms. The Bertz CT molecular complexity index is 1170. The number of hydrogen-bond donors (Lipinski definition) is 0. The van der Waals surface area contributed by atoms with Crippen molar-refractivity contribution in [3.63, 3.8) is 0 Å². The molecule has 0 spiro atoms. The van der Waals surface area contributed by atoms with E-state index in [1.807, 2.05) is 61.7 Å². The number of aryl methyl sites for hydroxylation is 1. The van der Waals surface area contributed by atoms with Gasteiger partial charge in [-0.25, -0.2) is 15.0 Å². The summed E-state index contributed by atoms with van der Waals surface area (Å²) < 4.78 is 0. The Morgan fingerprint density at radius 1 is 0.933 bits per heavy atom. The first-order valence-corrected chi connectivity index (χ1v) is 10.6. The molecule has 0 atom stereocenters. The molecule has 2 heterocycles. The minimum Gasteiger partial charge on any atom is -0.268 e. The van der Waals surface area contributed by atoms with Crippen LogP contribution in [0.5, 0.6) is 0 Å². The van der Waals surface area contributed by atoms with Gasteiger partial charge in [-0.1, -0.05) is 66.9 Å². The van der Waals surface area contributed by atoms with Gasteiger partial charge in [0.1, 0.15) is 0 Å². The predicted octanol–water partition coefficient (Wildman–Crippen LogP) is 5.37. The van der Waals surface area contributed by atoms with Crippen molar-refractivity contribution in [3.05, 3.63) is 96.3 Å². The van der Waals surface area contributed by atoms with E-state index in [-0.39, 0.29) is 5.91 Å². The van der Waals surface area contributed by atoms with Crippen molar-refractivity contribution in [1.29, 1.82) is 0 Å². The molecule has 0 aliphatic carbocycles. The Labute approximate surface area is 179 Å².